The molecule has 0 aliphatic rings. The van der Waals surface area contributed by atoms with Gasteiger partial charge in [0.1, 0.15) is 5.69 Å². The average molecular weight is 267 g/mol. The van der Waals surface area contributed by atoms with E-state index < -0.39 is 10.5 Å². The Balaban J connectivity index is 2.86. The number of anilines is 1. The lowest BCUT2D eigenvalue weighted by Crippen LogP contribution is -2.43. The Labute approximate surface area is 113 Å². The fourth-order valence-corrected chi connectivity index (χ4v) is 2.05. The maximum absolute atomic E-state index is 11.0. The fraction of sp³-hybridized carbons (Fsp3) is 0.538. The van der Waals surface area contributed by atoms with Crippen molar-refractivity contribution in [2.75, 3.05) is 32.5 Å². The first-order valence-electron chi connectivity index (χ1n) is 6.08. The van der Waals surface area contributed by atoms with Crippen LogP contribution in [-0.2, 0) is 0 Å². The molecule has 1 atom stereocenters. The van der Waals surface area contributed by atoms with Gasteiger partial charge in [0.2, 0.25) is 0 Å². The van der Waals surface area contributed by atoms with E-state index in [9.17, 15) is 15.2 Å². The molecule has 106 valence electrons. The van der Waals surface area contributed by atoms with Crippen molar-refractivity contribution in [1.29, 1.82) is 0 Å². The van der Waals surface area contributed by atoms with Crippen molar-refractivity contribution in [1.82, 2.24) is 4.90 Å². The average Bonchev–Trinajstić information content (AvgIpc) is 2.25. The molecule has 0 saturated heterocycles. The van der Waals surface area contributed by atoms with Gasteiger partial charge in [-0.25, -0.2) is 0 Å². The predicted molar refractivity (Wildman–Crippen MR) is 75.5 cm³/mol. The molecular formula is C13H21N3O3. The summed E-state index contributed by atoms with van der Waals surface area (Å²) in [5, 5.41) is 24.2. The maximum Gasteiger partial charge on any atom is 0.292 e. The number of aliphatic hydroxyl groups is 1. The number of nitrogens with one attached hydrogen (secondary N) is 1. The largest absolute Gasteiger partial charge is 0.387 e. The van der Waals surface area contributed by atoms with Gasteiger partial charge in [-0.2, -0.15) is 0 Å². The highest BCUT2D eigenvalue weighted by molar-refractivity contribution is 5.66. The third kappa shape index (κ3) is 4.50. The number of nitrogens with zero attached hydrogens (tertiary/aromatic N) is 2. The summed E-state index contributed by atoms with van der Waals surface area (Å²) in [6.45, 7) is 4.22. The number of para-hydroxylation sites is 1. The van der Waals surface area contributed by atoms with Gasteiger partial charge in [-0.3, -0.25) is 10.1 Å². The highest BCUT2D eigenvalue weighted by Gasteiger charge is 2.23. The first-order chi connectivity index (χ1) is 8.73. The molecule has 0 heterocycles. The van der Waals surface area contributed by atoms with Gasteiger partial charge in [0, 0.05) is 19.2 Å². The zero-order valence-corrected chi connectivity index (χ0v) is 11.8. The lowest BCUT2D eigenvalue weighted by atomic mass is 10.1. The summed E-state index contributed by atoms with van der Waals surface area (Å²) >= 11 is 0. The third-order valence-corrected chi connectivity index (χ3v) is 2.75. The van der Waals surface area contributed by atoms with Gasteiger partial charge in [-0.1, -0.05) is 12.1 Å². The second-order valence-corrected chi connectivity index (χ2v) is 5.31. The van der Waals surface area contributed by atoms with Gasteiger partial charge in [0.05, 0.1) is 10.5 Å². The van der Waals surface area contributed by atoms with Crippen LogP contribution in [0.5, 0.6) is 0 Å². The van der Waals surface area contributed by atoms with Crippen molar-refractivity contribution in [2.24, 2.45) is 0 Å². The summed E-state index contributed by atoms with van der Waals surface area (Å²) in [5.74, 6) is 0. The van der Waals surface area contributed by atoms with Crippen LogP contribution in [0.2, 0.25) is 0 Å². The van der Waals surface area contributed by atoms with Crippen LogP contribution in [-0.4, -0.2) is 47.7 Å². The highest BCUT2D eigenvalue weighted by atomic mass is 16.6. The van der Waals surface area contributed by atoms with Crippen LogP contribution in [0.1, 0.15) is 12.5 Å². The normalized spacial score (nSPS) is 14.2. The van der Waals surface area contributed by atoms with Gasteiger partial charge in [-0.15, -0.1) is 0 Å². The number of rotatable bonds is 6. The molecule has 0 aliphatic carbocycles. The minimum Gasteiger partial charge on any atom is -0.387 e. The van der Waals surface area contributed by atoms with Crippen LogP contribution in [0.3, 0.4) is 0 Å². The minimum atomic E-state index is -0.959. The van der Waals surface area contributed by atoms with Crippen LogP contribution >= 0.6 is 0 Å². The monoisotopic (exact) mass is 267 g/mol. The van der Waals surface area contributed by atoms with Gasteiger partial charge in [0.25, 0.3) is 5.69 Å². The first kappa shape index (κ1) is 15.4. The summed E-state index contributed by atoms with van der Waals surface area (Å²) in [6, 6.07) is 4.91. The molecule has 1 unspecified atom stereocenters. The summed E-state index contributed by atoms with van der Waals surface area (Å²) < 4.78 is 0. The Hall–Kier alpha value is -1.66. The van der Waals surface area contributed by atoms with E-state index in [2.05, 4.69) is 5.32 Å². The van der Waals surface area contributed by atoms with Crippen molar-refractivity contribution < 1.29 is 10.0 Å². The van der Waals surface area contributed by atoms with Gasteiger partial charge >= 0.3 is 0 Å². The Morgan fingerprint density at radius 1 is 1.47 bits per heavy atom. The zero-order chi connectivity index (χ0) is 14.6. The number of hydrogen-bond acceptors (Lipinski definition) is 5. The molecule has 0 fully saturated rings. The molecule has 1 aromatic rings. The molecule has 0 spiro atoms. The molecule has 1 aromatic carbocycles. The molecular weight excluding hydrogens is 246 g/mol. The van der Waals surface area contributed by atoms with Crippen molar-refractivity contribution in [3.05, 3.63) is 33.9 Å². The van der Waals surface area contributed by atoms with Crippen molar-refractivity contribution in [3.8, 4) is 0 Å². The molecule has 1 rings (SSSR count). The number of benzene rings is 1. The minimum absolute atomic E-state index is 0.0284. The highest BCUT2D eigenvalue weighted by Crippen LogP contribution is 2.28. The van der Waals surface area contributed by atoms with E-state index in [-0.39, 0.29) is 12.2 Å². The number of aryl methyl sites for hydroxylation is 1. The second kappa shape index (κ2) is 5.99. The van der Waals surface area contributed by atoms with Gasteiger partial charge in [0.15, 0.2) is 0 Å². The maximum atomic E-state index is 11.0. The standard InChI is InChI=1S/C13H21N3O3/c1-10-6-5-7-11(16(18)19)12(10)14-8-13(2,17)9-15(3)4/h5-7,14,17H,8-9H2,1-4H3. The molecule has 2 N–H and O–H groups in total. The number of likely N-dealkylation sites (N-methyl/N-ethyl adjacent to an activating group) is 1. The van der Waals surface area contributed by atoms with E-state index >= 15 is 0 Å². The van der Waals surface area contributed by atoms with Crippen LogP contribution in [0, 0.1) is 17.0 Å². The molecule has 0 saturated carbocycles. The number of hydrogen-bond donors (Lipinski definition) is 2. The Morgan fingerprint density at radius 2 is 2.11 bits per heavy atom. The Morgan fingerprint density at radius 3 is 2.63 bits per heavy atom. The SMILES string of the molecule is Cc1cccc([N+](=O)[O-])c1NCC(C)(O)CN(C)C. The van der Waals surface area contributed by atoms with Crippen LogP contribution in [0.4, 0.5) is 11.4 Å². The summed E-state index contributed by atoms with van der Waals surface area (Å²) in [5.41, 5.74) is 0.321. The molecule has 0 aliphatic heterocycles. The van der Waals surface area contributed by atoms with E-state index in [1.54, 1.807) is 26.0 Å². The Bertz CT molecular complexity index is 458. The topological polar surface area (TPSA) is 78.6 Å². The lowest BCUT2D eigenvalue weighted by Gasteiger charge is -2.27. The van der Waals surface area contributed by atoms with E-state index in [0.29, 0.717) is 12.2 Å². The zero-order valence-electron chi connectivity index (χ0n) is 11.8. The van der Waals surface area contributed by atoms with Crippen molar-refractivity contribution >= 4 is 11.4 Å². The van der Waals surface area contributed by atoms with E-state index in [0.717, 1.165) is 5.56 Å². The molecule has 0 aromatic heterocycles. The molecule has 19 heavy (non-hydrogen) atoms. The van der Waals surface area contributed by atoms with E-state index in [1.807, 2.05) is 19.0 Å². The number of nitro groups is 1. The fourth-order valence-electron chi connectivity index (χ4n) is 2.05. The molecule has 6 nitrogen and oxygen atoms in total. The van der Waals surface area contributed by atoms with Crippen molar-refractivity contribution in [2.45, 2.75) is 19.4 Å². The summed E-state index contributed by atoms with van der Waals surface area (Å²) in [6.07, 6.45) is 0. The van der Waals surface area contributed by atoms with E-state index in [4.69, 9.17) is 0 Å². The molecule has 6 heteroatoms. The van der Waals surface area contributed by atoms with Gasteiger partial charge < -0.3 is 15.3 Å². The first-order valence-corrected chi connectivity index (χ1v) is 6.08. The Kier molecular flexibility index (Phi) is 4.85. The van der Waals surface area contributed by atoms with Crippen LogP contribution in [0.25, 0.3) is 0 Å². The van der Waals surface area contributed by atoms with Crippen LogP contribution < -0.4 is 5.32 Å². The lowest BCUT2D eigenvalue weighted by molar-refractivity contribution is -0.384. The summed E-state index contributed by atoms with van der Waals surface area (Å²) in [4.78, 5) is 12.4. The van der Waals surface area contributed by atoms with Crippen LogP contribution in [0.15, 0.2) is 18.2 Å². The van der Waals surface area contributed by atoms with Gasteiger partial charge in [-0.05, 0) is 33.5 Å². The number of nitro benzene ring substituents is 1. The van der Waals surface area contributed by atoms with E-state index in [1.165, 1.54) is 6.07 Å². The second-order valence-electron chi connectivity index (χ2n) is 5.31. The molecule has 0 bridgehead atoms. The predicted octanol–water partition coefficient (Wildman–Crippen LogP) is 1.63. The smallest absolute Gasteiger partial charge is 0.292 e. The molecule has 0 radical (unpaired) electrons. The third-order valence-electron chi connectivity index (χ3n) is 2.75. The van der Waals surface area contributed by atoms with Crippen molar-refractivity contribution in [3.63, 3.8) is 0 Å². The quantitative estimate of drug-likeness (QED) is 0.605. The summed E-state index contributed by atoms with van der Waals surface area (Å²) in [7, 11) is 3.73. The molecule has 0 amide bonds.